The molecule has 120 valence electrons. The second-order valence-corrected chi connectivity index (χ2v) is 6.04. The number of nitrogens with one attached hydrogen (secondary N) is 1. The number of methoxy groups -OCH3 is 1. The fourth-order valence-electron chi connectivity index (χ4n) is 2.96. The molecule has 0 unspecified atom stereocenters. The van der Waals surface area contributed by atoms with E-state index in [9.17, 15) is 4.79 Å². The minimum atomic E-state index is 0.0701. The highest BCUT2D eigenvalue weighted by Gasteiger charge is 2.27. The third-order valence-electron chi connectivity index (χ3n) is 4.23. The molecule has 3 rings (SSSR count). The maximum atomic E-state index is 12.5. The Hall–Kier alpha value is -2.04. The Labute approximate surface area is 141 Å². The minimum absolute atomic E-state index is 0.0701. The second-order valence-electron chi connectivity index (χ2n) is 5.60. The van der Waals surface area contributed by atoms with Gasteiger partial charge in [0.15, 0.2) is 11.4 Å². The SMILES string of the molecule is COc1ccccc1[NH+]1CCN(C(=O)c2ccc(Cl)cc2)CC1. The number of nitrogens with zero attached hydrogens (tertiary/aromatic N) is 1. The summed E-state index contributed by atoms with van der Waals surface area (Å²) in [6.07, 6.45) is 0. The van der Waals surface area contributed by atoms with E-state index in [1.54, 1.807) is 31.4 Å². The summed E-state index contributed by atoms with van der Waals surface area (Å²) in [7, 11) is 1.69. The van der Waals surface area contributed by atoms with Gasteiger partial charge in [-0.05, 0) is 30.3 Å². The molecule has 1 heterocycles. The zero-order chi connectivity index (χ0) is 16.2. The van der Waals surface area contributed by atoms with Crippen LogP contribution in [0.1, 0.15) is 10.4 Å². The fourth-order valence-corrected chi connectivity index (χ4v) is 3.09. The highest BCUT2D eigenvalue weighted by Crippen LogP contribution is 2.19. The lowest BCUT2D eigenvalue weighted by molar-refractivity contribution is -0.837. The van der Waals surface area contributed by atoms with Crippen LogP contribution < -0.4 is 9.64 Å². The highest BCUT2D eigenvalue weighted by atomic mass is 35.5. The molecule has 1 aliphatic rings. The largest absolute Gasteiger partial charge is 0.491 e. The summed E-state index contributed by atoms with van der Waals surface area (Å²) >= 11 is 5.88. The van der Waals surface area contributed by atoms with Crippen LogP contribution in [0.15, 0.2) is 48.5 Å². The molecule has 0 aliphatic carbocycles. The van der Waals surface area contributed by atoms with Crippen molar-refractivity contribution in [1.29, 1.82) is 0 Å². The highest BCUT2D eigenvalue weighted by molar-refractivity contribution is 6.30. The number of halogens is 1. The number of rotatable bonds is 3. The van der Waals surface area contributed by atoms with Crippen LogP contribution in [0.3, 0.4) is 0 Å². The van der Waals surface area contributed by atoms with Gasteiger partial charge < -0.3 is 9.64 Å². The van der Waals surface area contributed by atoms with Crippen LogP contribution in [0.25, 0.3) is 0 Å². The molecule has 1 saturated heterocycles. The van der Waals surface area contributed by atoms with Crippen molar-refractivity contribution in [2.24, 2.45) is 0 Å². The first kappa shape index (κ1) is 15.8. The van der Waals surface area contributed by atoms with Gasteiger partial charge in [-0.1, -0.05) is 23.7 Å². The maximum absolute atomic E-state index is 12.5. The molecule has 2 aromatic carbocycles. The van der Waals surface area contributed by atoms with Gasteiger partial charge >= 0.3 is 0 Å². The van der Waals surface area contributed by atoms with Gasteiger partial charge in [0.25, 0.3) is 5.91 Å². The first-order valence-electron chi connectivity index (χ1n) is 7.72. The zero-order valence-corrected chi connectivity index (χ0v) is 13.8. The van der Waals surface area contributed by atoms with E-state index in [1.165, 1.54) is 4.90 Å². The van der Waals surface area contributed by atoms with E-state index >= 15 is 0 Å². The number of benzene rings is 2. The van der Waals surface area contributed by atoms with Crippen LogP contribution in [0.5, 0.6) is 5.75 Å². The van der Waals surface area contributed by atoms with E-state index in [4.69, 9.17) is 16.3 Å². The standard InChI is InChI=1S/C18H19ClN2O2/c1-23-17-5-3-2-4-16(17)20-10-12-21(13-11-20)18(22)14-6-8-15(19)9-7-14/h2-9H,10-13H2,1H3/p+1. The summed E-state index contributed by atoms with van der Waals surface area (Å²) in [5.74, 6) is 0.973. The molecule has 4 nitrogen and oxygen atoms in total. The van der Waals surface area contributed by atoms with Crippen LogP contribution in [0.2, 0.25) is 5.02 Å². The Morgan fingerprint density at radius 3 is 2.39 bits per heavy atom. The van der Waals surface area contributed by atoms with Gasteiger partial charge in [-0.3, -0.25) is 9.69 Å². The molecule has 0 spiro atoms. The predicted molar refractivity (Wildman–Crippen MR) is 90.7 cm³/mol. The summed E-state index contributed by atoms with van der Waals surface area (Å²) in [5, 5.41) is 0.645. The average Bonchev–Trinajstić information content (AvgIpc) is 2.62. The van der Waals surface area contributed by atoms with Crippen molar-refractivity contribution in [3.63, 3.8) is 0 Å². The van der Waals surface area contributed by atoms with E-state index in [0.29, 0.717) is 10.6 Å². The smallest absolute Gasteiger partial charge is 0.254 e. The van der Waals surface area contributed by atoms with Crippen molar-refractivity contribution < 1.29 is 14.4 Å². The topological polar surface area (TPSA) is 34.0 Å². The molecule has 0 atom stereocenters. The van der Waals surface area contributed by atoms with Gasteiger partial charge in [0.2, 0.25) is 0 Å². The lowest BCUT2D eigenvalue weighted by Crippen LogP contribution is -3.10. The molecule has 5 heteroatoms. The summed E-state index contributed by atoms with van der Waals surface area (Å²) in [5.41, 5.74) is 1.85. The van der Waals surface area contributed by atoms with Crippen molar-refractivity contribution in [1.82, 2.24) is 4.90 Å². The summed E-state index contributed by atoms with van der Waals surface area (Å²) in [6, 6.07) is 15.1. The van der Waals surface area contributed by atoms with Crippen LogP contribution in [0.4, 0.5) is 5.69 Å². The number of carbonyl (C=O) groups excluding carboxylic acids is 1. The summed E-state index contributed by atoms with van der Waals surface area (Å²) < 4.78 is 5.44. The fraction of sp³-hybridized carbons (Fsp3) is 0.278. The van der Waals surface area contributed by atoms with E-state index in [1.807, 2.05) is 23.1 Å². The Kier molecular flexibility index (Phi) is 4.84. The van der Waals surface area contributed by atoms with Gasteiger partial charge in [0.1, 0.15) is 0 Å². The molecule has 1 fully saturated rings. The van der Waals surface area contributed by atoms with Crippen LogP contribution >= 0.6 is 11.6 Å². The van der Waals surface area contributed by atoms with E-state index in [0.717, 1.165) is 37.6 Å². The molecule has 0 bridgehead atoms. The van der Waals surface area contributed by atoms with Gasteiger partial charge in [-0.2, -0.15) is 0 Å². The third kappa shape index (κ3) is 3.49. The molecule has 1 N–H and O–H groups in total. The second kappa shape index (κ2) is 7.02. The Balaban J connectivity index is 1.66. The molecular formula is C18H20ClN2O2+. The molecule has 23 heavy (non-hydrogen) atoms. The first-order valence-corrected chi connectivity index (χ1v) is 8.10. The molecule has 0 radical (unpaired) electrons. The molecular weight excluding hydrogens is 312 g/mol. The molecule has 0 saturated carbocycles. The number of hydrogen-bond acceptors (Lipinski definition) is 2. The predicted octanol–water partition coefficient (Wildman–Crippen LogP) is 2.02. The monoisotopic (exact) mass is 331 g/mol. The third-order valence-corrected chi connectivity index (χ3v) is 4.49. The molecule has 1 aliphatic heterocycles. The Morgan fingerprint density at radius 2 is 1.74 bits per heavy atom. The van der Waals surface area contributed by atoms with E-state index < -0.39 is 0 Å². The molecule has 1 amide bonds. The van der Waals surface area contributed by atoms with Crippen molar-refractivity contribution >= 4 is 23.2 Å². The molecule has 2 aromatic rings. The Morgan fingerprint density at radius 1 is 1.09 bits per heavy atom. The minimum Gasteiger partial charge on any atom is -0.491 e. The zero-order valence-electron chi connectivity index (χ0n) is 13.1. The quantitative estimate of drug-likeness (QED) is 0.933. The number of ether oxygens (including phenoxy) is 1. The summed E-state index contributed by atoms with van der Waals surface area (Å²) in [6.45, 7) is 3.21. The van der Waals surface area contributed by atoms with Gasteiger partial charge in [0, 0.05) is 16.7 Å². The number of carbonyl (C=O) groups is 1. The number of quaternary nitrogens is 1. The molecule has 0 aromatic heterocycles. The van der Waals surface area contributed by atoms with Gasteiger partial charge in [-0.15, -0.1) is 0 Å². The normalized spacial score (nSPS) is 15.5. The number of amides is 1. The first-order chi connectivity index (χ1) is 11.2. The maximum Gasteiger partial charge on any atom is 0.254 e. The number of piperazine rings is 1. The van der Waals surface area contributed by atoms with Crippen molar-refractivity contribution in [3.05, 3.63) is 59.1 Å². The van der Waals surface area contributed by atoms with E-state index in [2.05, 4.69) is 6.07 Å². The van der Waals surface area contributed by atoms with Gasteiger partial charge in [0.05, 0.1) is 33.3 Å². The van der Waals surface area contributed by atoms with Crippen molar-refractivity contribution in [3.8, 4) is 5.75 Å². The number of hydrogen-bond donors (Lipinski definition) is 1. The van der Waals surface area contributed by atoms with Crippen LogP contribution in [-0.4, -0.2) is 44.1 Å². The van der Waals surface area contributed by atoms with Crippen molar-refractivity contribution in [2.75, 3.05) is 33.3 Å². The lowest BCUT2D eigenvalue weighted by atomic mass is 10.1. The van der Waals surface area contributed by atoms with Crippen LogP contribution in [-0.2, 0) is 0 Å². The average molecular weight is 332 g/mol. The van der Waals surface area contributed by atoms with E-state index in [-0.39, 0.29) is 5.91 Å². The Bertz CT molecular complexity index is 680. The van der Waals surface area contributed by atoms with Crippen molar-refractivity contribution in [2.45, 2.75) is 0 Å². The van der Waals surface area contributed by atoms with Crippen LogP contribution in [0, 0.1) is 0 Å². The lowest BCUT2D eigenvalue weighted by Gasteiger charge is -2.32. The van der Waals surface area contributed by atoms with Gasteiger partial charge in [-0.25, -0.2) is 0 Å². The number of para-hydroxylation sites is 2. The summed E-state index contributed by atoms with van der Waals surface area (Å²) in [4.78, 5) is 15.8.